The van der Waals surface area contributed by atoms with E-state index in [9.17, 15) is 0 Å². The van der Waals surface area contributed by atoms with Crippen LogP contribution in [0.4, 0.5) is 0 Å². The zero-order valence-corrected chi connectivity index (χ0v) is 28.5. The average Bonchev–Trinajstić information content (AvgIpc) is 3.73. The van der Waals surface area contributed by atoms with E-state index in [4.69, 9.17) is 4.74 Å². The van der Waals surface area contributed by atoms with Gasteiger partial charge in [-0.25, -0.2) is 0 Å². The molecule has 4 heteroatoms. The number of fused-ring (bicyclic) bond motifs is 12. The molecule has 0 atom stereocenters. The minimum atomic E-state index is -0.506. The van der Waals surface area contributed by atoms with Crippen LogP contribution in [-0.2, 0) is 5.41 Å². The molecule has 1 spiro atoms. The minimum Gasteiger partial charge on any atom is -0.457 e. The highest BCUT2D eigenvalue weighted by atomic mass is 16.5. The van der Waals surface area contributed by atoms with Gasteiger partial charge in [0.1, 0.15) is 11.5 Å². The van der Waals surface area contributed by atoms with Crippen LogP contribution in [0, 0.1) is 0 Å². The first-order valence-corrected chi connectivity index (χ1v) is 18.6. The maximum atomic E-state index is 7.26. The Hall–Kier alpha value is -6.51. The Morgan fingerprint density at radius 2 is 1.08 bits per heavy atom. The molecule has 1 aromatic heterocycles. The molecule has 3 aliphatic heterocycles. The Balaban J connectivity index is 1.14. The van der Waals surface area contributed by atoms with Gasteiger partial charge in [0.25, 0.3) is 6.71 Å². The lowest BCUT2D eigenvalue weighted by atomic mass is 9.34. The molecular weight excluding hydrogens is 640 g/mol. The first kappa shape index (κ1) is 27.2. The van der Waals surface area contributed by atoms with Gasteiger partial charge in [-0.05, 0) is 66.3 Å². The lowest BCUT2D eigenvalue weighted by Crippen LogP contribution is -2.59. The molecule has 14 rings (SSSR count). The molecule has 0 N–H and O–H groups in total. The fourth-order valence-corrected chi connectivity index (χ4v) is 11.3. The Kier molecular flexibility index (Phi) is 4.67. The summed E-state index contributed by atoms with van der Waals surface area (Å²) in [5, 5.41) is 8.05. The van der Waals surface area contributed by atoms with Crippen molar-refractivity contribution in [2.24, 2.45) is 0 Å². The number of nitrogens with zero attached hydrogens (tertiary/aromatic N) is 1. The van der Waals surface area contributed by atoms with Gasteiger partial charge in [-0.15, -0.1) is 0 Å². The number of hydrogen-bond acceptors (Lipinski definition) is 1. The van der Waals surface area contributed by atoms with E-state index in [2.05, 4.69) is 170 Å². The fourth-order valence-electron chi connectivity index (χ4n) is 11.3. The van der Waals surface area contributed by atoms with Crippen molar-refractivity contribution in [2.45, 2.75) is 5.41 Å². The van der Waals surface area contributed by atoms with E-state index in [0.717, 1.165) is 11.5 Å². The lowest BCUT2D eigenvalue weighted by Gasteiger charge is -2.41. The molecule has 4 heterocycles. The molecule has 0 fully saturated rings. The Labute approximate surface area is 306 Å². The van der Waals surface area contributed by atoms with E-state index < -0.39 is 5.41 Å². The zero-order valence-electron chi connectivity index (χ0n) is 28.5. The quantitative estimate of drug-likeness (QED) is 0.129. The van der Waals surface area contributed by atoms with E-state index >= 15 is 0 Å². The highest BCUT2D eigenvalue weighted by Gasteiger charge is 2.52. The van der Waals surface area contributed by atoms with Gasteiger partial charge in [0.2, 0.25) is 0 Å². The molecule has 1 aliphatic carbocycles. The summed E-state index contributed by atoms with van der Waals surface area (Å²) in [4.78, 5) is 0. The summed E-state index contributed by atoms with van der Waals surface area (Å²) in [6.45, 7) is -0.0319. The molecule has 0 amide bonds. The molecule has 53 heavy (non-hydrogen) atoms. The topological polar surface area (TPSA) is 14.2 Å². The average molecular weight is 666 g/mol. The number of para-hydroxylation sites is 3. The molecule has 1 radical (unpaired) electrons. The lowest BCUT2D eigenvalue weighted by molar-refractivity contribution is 0.440. The van der Waals surface area contributed by atoms with Gasteiger partial charge in [0.05, 0.1) is 5.41 Å². The molecular formula is C49H26B2NO. The van der Waals surface area contributed by atoms with E-state index in [-0.39, 0.29) is 6.71 Å². The van der Waals surface area contributed by atoms with E-state index in [1.54, 1.807) is 0 Å². The van der Waals surface area contributed by atoms with Crippen LogP contribution in [0.15, 0.2) is 158 Å². The van der Waals surface area contributed by atoms with Gasteiger partial charge in [-0.3, -0.25) is 0 Å². The number of aromatic nitrogens is 1. The van der Waals surface area contributed by atoms with E-state index in [1.807, 2.05) is 0 Å². The van der Waals surface area contributed by atoms with E-state index in [0.29, 0.717) is 0 Å². The molecule has 4 aliphatic rings. The number of ether oxygens (including phenoxy) is 1. The number of hydrogen-bond donors (Lipinski definition) is 0. The van der Waals surface area contributed by atoms with Crippen molar-refractivity contribution in [3.05, 3.63) is 180 Å². The maximum absolute atomic E-state index is 7.26. The first-order chi connectivity index (χ1) is 26.3. The number of benzene rings is 9. The second-order valence-electron chi connectivity index (χ2n) is 15.3. The summed E-state index contributed by atoms with van der Waals surface area (Å²) >= 11 is 0. The molecule has 10 aromatic rings. The largest absolute Gasteiger partial charge is 0.457 e. The van der Waals surface area contributed by atoms with Crippen LogP contribution in [0.1, 0.15) is 22.3 Å². The highest BCUT2D eigenvalue weighted by Crippen LogP contribution is 2.61. The van der Waals surface area contributed by atoms with Crippen LogP contribution in [0.25, 0.3) is 60.2 Å². The third kappa shape index (κ3) is 2.93. The molecule has 0 saturated carbocycles. The molecule has 2 nitrogen and oxygen atoms in total. The van der Waals surface area contributed by atoms with Crippen molar-refractivity contribution in [3.8, 4) is 28.3 Å². The summed E-state index contributed by atoms with van der Waals surface area (Å²) in [7, 11) is 2.41. The highest BCUT2D eigenvalue weighted by molar-refractivity contribution is 6.99. The standard InChI is InChI=1S/C49H26B2NO/c1-2-12-28-27(11-1)31-23-25-38-46-43(31)44-32(28)24-26-40-47(44)52(46)45-37(50-38)19-10-20-39(45)51(40)41-21-9-18-36-48(41)53-42-22-8-7-17-35(42)49(36)33-15-5-3-13-29(33)30-14-4-6-16-34(30)49/h1-26H. The summed E-state index contributed by atoms with van der Waals surface area (Å²) < 4.78 is 9.88. The van der Waals surface area contributed by atoms with Crippen molar-refractivity contribution in [1.29, 1.82) is 0 Å². The van der Waals surface area contributed by atoms with Crippen molar-refractivity contribution in [1.82, 2.24) is 4.57 Å². The van der Waals surface area contributed by atoms with Gasteiger partial charge in [-0.1, -0.05) is 163 Å². The van der Waals surface area contributed by atoms with Gasteiger partial charge in [0.15, 0.2) is 7.28 Å². The molecule has 0 bridgehead atoms. The monoisotopic (exact) mass is 666 g/mol. The van der Waals surface area contributed by atoms with Crippen molar-refractivity contribution < 1.29 is 4.74 Å². The maximum Gasteiger partial charge on any atom is 0.251 e. The second-order valence-corrected chi connectivity index (χ2v) is 15.3. The van der Waals surface area contributed by atoms with Crippen LogP contribution < -0.4 is 32.1 Å². The molecule has 9 aromatic carbocycles. The van der Waals surface area contributed by atoms with Crippen LogP contribution >= 0.6 is 0 Å². The summed E-state index contributed by atoms with van der Waals surface area (Å²) in [5.74, 6) is 1.90. The Morgan fingerprint density at radius 1 is 0.453 bits per heavy atom. The number of rotatable bonds is 1. The van der Waals surface area contributed by atoms with Crippen LogP contribution in [-0.4, -0.2) is 18.6 Å². The van der Waals surface area contributed by atoms with Gasteiger partial charge >= 0.3 is 0 Å². The van der Waals surface area contributed by atoms with Gasteiger partial charge < -0.3 is 9.30 Å². The van der Waals surface area contributed by atoms with Gasteiger partial charge in [0, 0.05) is 38.6 Å². The summed E-state index contributed by atoms with van der Waals surface area (Å²) in [6, 6.07) is 59.0. The van der Waals surface area contributed by atoms with E-state index in [1.165, 1.54) is 110 Å². The molecule has 239 valence electrons. The van der Waals surface area contributed by atoms with Gasteiger partial charge in [-0.2, -0.15) is 0 Å². The predicted octanol–water partition coefficient (Wildman–Crippen LogP) is 7.79. The van der Waals surface area contributed by atoms with Crippen LogP contribution in [0.5, 0.6) is 11.5 Å². The summed E-state index contributed by atoms with van der Waals surface area (Å²) in [5.41, 5.74) is 17.5. The van der Waals surface area contributed by atoms with Crippen molar-refractivity contribution in [2.75, 3.05) is 0 Å². The second kappa shape index (κ2) is 9.10. The SMILES string of the molecule is [B]1c2cccc3c2-n2c4c1ccc1c5ccccc5c5ccc(c2c5c14)B3c1cccc2c1Oc1ccccc1C21c2ccccc2-c2ccccc21. The van der Waals surface area contributed by atoms with Crippen LogP contribution in [0.3, 0.4) is 0 Å². The zero-order chi connectivity index (χ0) is 34.2. The fraction of sp³-hybridized carbons (Fsp3) is 0.0204. The predicted molar refractivity (Wildman–Crippen MR) is 220 cm³/mol. The van der Waals surface area contributed by atoms with Crippen molar-refractivity contribution in [3.63, 3.8) is 0 Å². The third-order valence-electron chi connectivity index (χ3n) is 13.1. The molecule has 0 unspecified atom stereocenters. The normalized spacial score (nSPS) is 14.8. The smallest absolute Gasteiger partial charge is 0.251 e. The third-order valence-corrected chi connectivity index (χ3v) is 13.1. The molecule has 0 saturated heterocycles. The van der Waals surface area contributed by atoms with Crippen molar-refractivity contribution >= 4 is 84.7 Å². The Bertz CT molecular complexity index is 3270. The first-order valence-electron chi connectivity index (χ1n) is 18.6. The minimum absolute atomic E-state index is 0.0319. The van der Waals surface area contributed by atoms with Crippen LogP contribution in [0.2, 0.25) is 0 Å². The Morgan fingerprint density at radius 3 is 1.87 bits per heavy atom. The summed E-state index contributed by atoms with van der Waals surface area (Å²) in [6.07, 6.45) is 0.